The molecule has 0 unspecified atom stereocenters. The molecule has 0 bridgehead atoms. The van der Waals surface area contributed by atoms with Gasteiger partial charge in [-0.15, -0.1) is 0 Å². The smallest absolute Gasteiger partial charge is 0.321 e. The van der Waals surface area contributed by atoms with Gasteiger partial charge in [-0.25, -0.2) is 0 Å². The normalized spacial score (nSPS) is 10.1. The highest BCUT2D eigenvalue weighted by Crippen LogP contribution is 2.25. The standard InChI is InChI=1S/C20H17N2O/c23-16-22(19-9-5-2-6-10-19)20-13-11-18(12-14-20)21-15-17-7-3-1-4-8-17/h1-14,21H,15H2. The largest absolute Gasteiger partial charge is 0.381 e. The molecule has 3 aromatic carbocycles. The predicted molar refractivity (Wildman–Crippen MR) is 94.5 cm³/mol. The van der Waals surface area contributed by atoms with Gasteiger partial charge in [0.2, 0.25) is 0 Å². The van der Waals surface area contributed by atoms with Crippen LogP contribution in [-0.2, 0) is 11.3 Å². The van der Waals surface area contributed by atoms with Crippen LogP contribution in [0.25, 0.3) is 0 Å². The summed E-state index contributed by atoms with van der Waals surface area (Å²) >= 11 is 0. The number of anilines is 3. The Morgan fingerprint density at radius 1 is 0.739 bits per heavy atom. The zero-order valence-electron chi connectivity index (χ0n) is 12.6. The molecule has 0 heterocycles. The number of para-hydroxylation sites is 1. The van der Waals surface area contributed by atoms with Crippen LogP contribution in [0.2, 0.25) is 0 Å². The second-order valence-corrected chi connectivity index (χ2v) is 5.15. The average molecular weight is 301 g/mol. The van der Waals surface area contributed by atoms with Gasteiger partial charge in [-0.3, -0.25) is 9.69 Å². The van der Waals surface area contributed by atoms with Gasteiger partial charge in [0, 0.05) is 23.6 Å². The van der Waals surface area contributed by atoms with Crippen molar-refractivity contribution in [2.45, 2.75) is 6.54 Å². The van der Waals surface area contributed by atoms with E-state index in [1.165, 1.54) is 10.5 Å². The molecule has 3 rings (SSSR count). The Hall–Kier alpha value is -3.07. The Morgan fingerprint density at radius 3 is 1.91 bits per heavy atom. The van der Waals surface area contributed by atoms with Crippen molar-refractivity contribution in [3.63, 3.8) is 0 Å². The van der Waals surface area contributed by atoms with Crippen molar-refractivity contribution in [1.29, 1.82) is 0 Å². The first-order chi connectivity index (χ1) is 11.4. The molecule has 0 saturated carbocycles. The molecule has 0 fully saturated rings. The highest BCUT2D eigenvalue weighted by atomic mass is 16.1. The van der Waals surface area contributed by atoms with Crippen LogP contribution in [-0.4, -0.2) is 6.41 Å². The predicted octanol–water partition coefficient (Wildman–Crippen LogP) is 4.50. The molecule has 0 saturated heterocycles. The van der Waals surface area contributed by atoms with Gasteiger partial charge in [-0.05, 0) is 42.0 Å². The van der Waals surface area contributed by atoms with E-state index in [0.29, 0.717) is 0 Å². The van der Waals surface area contributed by atoms with Gasteiger partial charge in [0.25, 0.3) is 0 Å². The summed E-state index contributed by atoms with van der Waals surface area (Å²) in [5.41, 5.74) is 3.82. The number of hydrogen-bond donors (Lipinski definition) is 1. The van der Waals surface area contributed by atoms with Gasteiger partial charge in [0.1, 0.15) is 0 Å². The Kier molecular flexibility index (Phi) is 4.69. The molecule has 0 aliphatic carbocycles. The minimum Gasteiger partial charge on any atom is -0.381 e. The van der Waals surface area contributed by atoms with E-state index in [9.17, 15) is 4.79 Å². The molecule has 1 amide bonds. The molecule has 0 spiro atoms. The Balaban J connectivity index is 1.70. The summed E-state index contributed by atoms with van der Waals surface area (Å²) in [6.07, 6.45) is 1.97. The van der Waals surface area contributed by atoms with E-state index in [1.807, 2.05) is 79.2 Å². The SMILES string of the molecule is O=[C]N(c1ccccc1)c1ccc(NCc2ccccc2)cc1. The summed E-state index contributed by atoms with van der Waals surface area (Å²) in [5.74, 6) is 0. The zero-order valence-corrected chi connectivity index (χ0v) is 12.6. The van der Waals surface area contributed by atoms with Crippen molar-refractivity contribution in [3.8, 4) is 0 Å². The minimum absolute atomic E-state index is 0.766. The lowest BCUT2D eigenvalue weighted by molar-refractivity contribution is 0.556. The van der Waals surface area contributed by atoms with Crippen molar-refractivity contribution in [1.82, 2.24) is 0 Å². The number of carbonyl (C=O) groups excluding carboxylic acids is 1. The summed E-state index contributed by atoms with van der Waals surface area (Å²) < 4.78 is 0. The van der Waals surface area contributed by atoms with Gasteiger partial charge >= 0.3 is 6.41 Å². The van der Waals surface area contributed by atoms with Crippen LogP contribution in [0.1, 0.15) is 5.56 Å². The van der Waals surface area contributed by atoms with Crippen LogP contribution < -0.4 is 10.2 Å². The summed E-state index contributed by atoms with van der Waals surface area (Å²) in [6.45, 7) is 0.766. The van der Waals surface area contributed by atoms with Crippen LogP contribution in [0.15, 0.2) is 84.9 Å². The van der Waals surface area contributed by atoms with E-state index < -0.39 is 0 Å². The van der Waals surface area contributed by atoms with E-state index in [-0.39, 0.29) is 0 Å². The van der Waals surface area contributed by atoms with Crippen LogP contribution >= 0.6 is 0 Å². The molecule has 1 radical (unpaired) electrons. The lowest BCUT2D eigenvalue weighted by Crippen LogP contribution is -2.13. The molecule has 3 heteroatoms. The molecular formula is C20H17N2O. The quantitative estimate of drug-likeness (QED) is 0.680. The van der Waals surface area contributed by atoms with Gasteiger partial charge in [0.15, 0.2) is 0 Å². The average Bonchev–Trinajstić information content (AvgIpc) is 2.63. The summed E-state index contributed by atoms with van der Waals surface area (Å²) in [7, 11) is 0. The third kappa shape index (κ3) is 3.77. The zero-order chi connectivity index (χ0) is 15.9. The molecule has 0 aliphatic rings. The molecule has 23 heavy (non-hydrogen) atoms. The Morgan fingerprint density at radius 2 is 1.30 bits per heavy atom. The fraction of sp³-hybridized carbons (Fsp3) is 0.0500. The number of benzene rings is 3. The fourth-order valence-electron chi connectivity index (χ4n) is 2.36. The highest BCUT2D eigenvalue weighted by Gasteiger charge is 2.08. The second kappa shape index (κ2) is 7.27. The number of hydrogen-bond acceptors (Lipinski definition) is 2. The van der Waals surface area contributed by atoms with Crippen molar-refractivity contribution < 1.29 is 4.79 Å². The van der Waals surface area contributed by atoms with Crippen molar-refractivity contribution in [3.05, 3.63) is 90.5 Å². The summed E-state index contributed by atoms with van der Waals surface area (Å²) in [4.78, 5) is 12.8. The van der Waals surface area contributed by atoms with Gasteiger partial charge in [0.05, 0.1) is 0 Å². The molecule has 0 aliphatic heterocycles. The monoisotopic (exact) mass is 301 g/mol. The number of nitrogens with zero attached hydrogens (tertiary/aromatic N) is 1. The lowest BCUT2D eigenvalue weighted by Gasteiger charge is -2.17. The minimum atomic E-state index is 0.766. The maximum atomic E-state index is 11.3. The van der Waals surface area contributed by atoms with Crippen LogP contribution in [0.3, 0.4) is 0 Å². The van der Waals surface area contributed by atoms with Crippen LogP contribution in [0, 0.1) is 0 Å². The van der Waals surface area contributed by atoms with Crippen molar-refractivity contribution in [2.24, 2.45) is 0 Å². The molecule has 3 aromatic rings. The lowest BCUT2D eigenvalue weighted by atomic mass is 10.2. The Bertz CT molecular complexity index is 740. The van der Waals surface area contributed by atoms with Crippen molar-refractivity contribution >= 4 is 23.5 Å². The number of nitrogens with one attached hydrogen (secondary N) is 1. The first-order valence-corrected chi connectivity index (χ1v) is 7.47. The van der Waals surface area contributed by atoms with E-state index in [0.717, 1.165) is 23.6 Å². The van der Waals surface area contributed by atoms with Gasteiger partial charge in [-0.1, -0.05) is 48.5 Å². The number of amides is 1. The van der Waals surface area contributed by atoms with E-state index in [4.69, 9.17) is 0 Å². The first kappa shape index (κ1) is 14.9. The van der Waals surface area contributed by atoms with Crippen LogP contribution in [0.5, 0.6) is 0 Å². The van der Waals surface area contributed by atoms with Gasteiger partial charge in [-0.2, -0.15) is 0 Å². The molecule has 3 nitrogen and oxygen atoms in total. The second-order valence-electron chi connectivity index (χ2n) is 5.15. The summed E-state index contributed by atoms with van der Waals surface area (Å²) in [5, 5.41) is 3.37. The maximum Gasteiger partial charge on any atom is 0.321 e. The molecule has 1 N–H and O–H groups in total. The third-order valence-electron chi connectivity index (χ3n) is 3.57. The van der Waals surface area contributed by atoms with Crippen molar-refractivity contribution in [2.75, 3.05) is 10.2 Å². The van der Waals surface area contributed by atoms with E-state index in [2.05, 4.69) is 17.4 Å². The third-order valence-corrected chi connectivity index (χ3v) is 3.57. The van der Waals surface area contributed by atoms with E-state index >= 15 is 0 Å². The molecule has 0 aromatic heterocycles. The molecule has 0 atom stereocenters. The Labute approximate surface area is 136 Å². The number of rotatable bonds is 6. The first-order valence-electron chi connectivity index (χ1n) is 7.47. The fourth-order valence-corrected chi connectivity index (χ4v) is 2.36. The van der Waals surface area contributed by atoms with E-state index in [1.54, 1.807) is 0 Å². The molecule has 113 valence electrons. The highest BCUT2D eigenvalue weighted by molar-refractivity contribution is 5.87. The summed E-state index contributed by atoms with van der Waals surface area (Å²) in [6, 6.07) is 27.4. The topological polar surface area (TPSA) is 32.3 Å². The molecular weight excluding hydrogens is 284 g/mol. The van der Waals surface area contributed by atoms with Crippen LogP contribution in [0.4, 0.5) is 17.1 Å². The van der Waals surface area contributed by atoms with Gasteiger partial charge < -0.3 is 5.32 Å². The maximum absolute atomic E-state index is 11.3.